The van der Waals surface area contributed by atoms with Gasteiger partial charge in [-0.1, -0.05) is 0 Å². The van der Waals surface area contributed by atoms with E-state index in [1.165, 1.54) is 0 Å². The summed E-state index contributed by atoms with van der Waals surface area (Å²) in [5.41, 5.74) is 21.7. The predicted octanol–water partition coefficient (Wildman–Crippen LogP) is -2.67. The average molecular weight is 172 g/mol. The summed E-state index contributed by atoms with van der Waals surface area (Å²) in [7, 11) is 0. The molecule has 0 amide bonds. The summed E-state index contributed by atoms with van der Waals surface area (Å²) in [5.74, 6) is -0.624. The number of hydrogen-bond acceptors (Lipinski definition) is 6. The second kappa shape index (κ2) is 3.00. The van der Waals surface area contributed by atoms with Crippen molar-refractivity contribution in [2.24, 2.45) is 22.9 Å². The van der Waals surface area contributed by atoms with Crippen LogP contribution in [0.1, 0.15) is 0 Å². The van der Waals surface area contributed by atoms with Gasteiger partial charge in [0.2, 0.25) is 0 Å². The summed E-state index contributed by atoms with van der Waals surface area (Å²) < 4.78 is 4.77. The van der Waals surface area contributed by atoms with E-state index in [-0.39, 0.29) is 17.9 Å². The first kappa shape index (κ1) is 8.82. The van der Waals surface area contributed by atoms with Crippen molar-refractivity contribution < 1.29 is 9.53 Å². The zero-order chi connectivity index (χ0) is 9.30. The normalized spacial score (nSPS) is 25.8. The molecule has 1 heterocycles. The molecule has 0 aromatic carbocycles. The van der Waals surface area contributed by atoms with Crippen molar-refractivity contribution >= 4 is 5.97 Å². The average Bonchev–Trinajstić information content (AvgIpc) is 2.32. The second-order valence-corrected chi connectivity index (χ2v) is 2.59. The maximum absolute atomic E-state index is 10.8. The Kier molecular flexibility index (Phi) is 2.20. The van der Waals surface area contributed by atoms with Crippen LogP contribution in [0.4, 0.5) is 0 Å². The van der Waals surface area contributed by atoms with Crippen molar-refractivity contribution in [2.75, 3.05) is 6.54 Å². The van der Waals surface area contributed by atoms with Gasteiger partial charge in [0.15, 0.2) is 6.10 Å². The Morgan fingerprint density at radius 2 is 2.08 bits per heavy atom. The molecule has 0 fully saturated rings. The monoisotopic (exact) mass is 172 g/mol. The van der Waals surface area contributed by atoms with E-state index < -0.39 is 18.1 Å². The molecule has 1 rings (SSSR count). The molecule has 1 aliphatic heterocycles. The highest BCUT2D eigenvalue weighted by Gasteiger charge is 2.34. The summed E-state index contributed by atoms with van der Waals surface area (Å²) >= 11 is 0. The van der Waals surface area contributed by atoms with Gasteiger partial charge in [-0.05, 0) is 0 Å². The van der Waals surface area contributed by atoms with Crippen LogP contribution in [0.25, 0.3) is 0 Å². The zero-order valence-corrected chi connectivity index (χ0v) is 6.49. The third-order valence-corrected chi connectivity index (χ3v) is 1.73. The van der Waals surface area contributed by atoms with Crippen molar-refractivity contribution in [3.05, 3.63) is 11.4 Å². The van der Waals surface area contributed by atoms with Crippen LogP contribution in [0.2, 0.25) is 0 Å². The lowest BCUT2D eigenvalue weighted by Crippen LogP contribution is -2.43. The smallest absolute Gasteiger partial charge is 0.356 e. The van der Waals surface area contributed by atoms with Gasteiger partial charge in [-0.2, -0.15) is 0 Å². The van der Waals surface area contributed by atoms with Gasteiger partial charge in [0.25, 0.3) is 0 Å². The second-order valence-electron chi connectivity index (χ2n) is 2.59. The van der Waals surface area contributed by atoms with Crippen LogP contribution >= 0.6 is 0 Å². The largest absolute Gasteiger partial charge is 0.449 e. The Bertz CT molecular complexity index is 238. The van der Waals surface area contributed by atoms with E-state index in [0.29, 0.717) is 0 Å². The van der Waals surface area contributed by atoms with Gasteiger partial charge >= 0.3 is 5.97 Å². The molecule has 0 radical (unpaired) electrons. The van der Waals surface area contributed by atoms with E-state index in [0.717, 1.165) is 0 Å². The lowest BCUT2D eigenvalue weighted by Gasteiger charge is -2.16. The minimum atomic E-state index is -0.664. The summed E-state index contributed by atoms with van der Waals surface area (Å²) in [5, 5.41) is 0. The third kappa shape index (κ3) is 1.21. The van der Waals surface area contributed by atoms with Crippen LogP contribution in [0.15, 0.2) is 11.4 Å². The Hall–Kier alpha value is -1.27. The topological polar surface area (TPSA) is 130 Å². The van der Waals surface area contributed by atoms with Gasteiger partial charge in [0, 0.05) is 6.54 Å². The fraction of sp³-hybridized carbons (Fsp3) is 0.500. The Morgan fingerprint density at radius 3 is 2.42 bits per heavy atom. The van der Waals surface area contributed by atoms with E-state index >= 15 is 0 Å². The molecular formula is C6H12N4O2. The number of rotatable bonds is 2. The first-order valence-corrected chi connectivity index (χ1v) is 3.49. The summed E-state index contributed by atoms with van der Waals surface area (Å²) in [6, 6.07) is -0.491. The maximum atomic E-state index is 10.8. The molecule has 6 heteroatoms. The molecule has 1 aliphatic rings. The highest BCUT2D eigenvalue weighted by atomic mass is 16.6. The van der Waals surface area contributed by atoms with Gasteiger partial charge in [0.05, 0.1) is 11.7 Å². The number of carbonyl (C=O) groups excluding carboxylic acids is 1. The molecule has 2 atom stereocenters. The van der Waals surface area contributed by atoms with Crippen LogP contribution in [-0.4, -0.2) is 24.7 Å². The first-order valence-electron chi connectivity index (χ1n) is 3.49. The zero-order valence-electron chi connectivity index (χ0n) is 6.49. The van der Waals surface area contributed by atoms with Gasteiger partial charge in [-0.3, -0.25) is 0 Å². The van der Waals surface area contributed by atoms with Crippen molar-refractivity contribution in [3.8, 4) is 0 Å². The van der Waals surface area contributed by atoms with Crippen LogP contribution in [0.3, 0.4) is 0 Å². The lowest BCUT2D eigenvalue weighted by atomic mass is 10.1. The number of cyclic esters (lactones) is 1. The quantitative estimate of drug-likeness (QED) is 0.336. The molecule has 0 aromatic rings. The van der Waals surface area contributed by atoms with Crippen LogP contribution < -0.4 is 22.9 Å². The molecule has 2 unspecified atom stereocenters. The number of carbonyl (C=O) groups is 1. The highest BCUT2D eigenvalue weighted by Crippen LogP contribution is 2.16. The Balaban J connectivity index is 2.80. The fourth-order valence-electron chi connectivity index (χ4n) is 0.955. The number of esters is 1. The standard InChI is InChI=1S/C6H12N4O2/c7-1-2(8)5-3(9)4(10)6(11)12-5/h2,5H,1,7-10H2. The van der Waals surface area contributed by atoms with Crippen molar-refractivity contribution in [1.82, 2.24) is 0 Å². The Labute approximate surface area is 69.5 Å². The summed E-state index contributed by atoms with van der Waals surface area (Å²) in [6.45, 7) is 0.186. The van der Waals surface area contributed by atoms with Crippen LogP contribution in [0, 0.1) is 0 Å². The molecule has 68 valence electrons. The van der Waals surface area contributed by atoms with Gasteiger partial charge < -0.3 is 27.7 Å². The van der Waals surface area contributed by atoms with Gasteiger partial charge in [0.1, 0.15) is 5.70 Å². The minimum Gasteiger partial charge on any atom is -0.449 e. The highest BCUT2D eigenvalue weighted by molar-refractivity contribution is 5.91. The minimum absolute atomic E-state index is 0.0658. The molecular weight excluding hydrogens is 160 g/mol. The number of ether oxygens (including phenoxy) is 1. The van der Waals surface area contributed by atoms with Gasteiger partial charge in [-0.15, -0.1) is 0 Å². The summed E-state index contributed by atoms with van der Waals surface area (Å²) in [6.07, 6.45) is -0.664. The Morgan fingerprint density at radius 1 is 1.50 bits per heavy atom. The van der Waals surface area contributed by atoms with Crippen LogP contribution in [0.5, 0.6) is 0 Å². The summed E-state index contributed by atoms with van der Waals surface area (Å²) in [4.78, 5) is 10.8. The molecule has 12 heavy (non-hydrogen) atoms. The van der Waals surface area contributed by atoms with Crippen molar-refractivity contribution in [2.45, 2.75) is 12.1 Å². The molecule has 0 aliphatic carbocycles. The molecule has 6 nitrogen and oxygen atoms in total. The maximum Gasteiger partial charge on any atom is 0.356 e. The molecule has 0 saturated heterocycles. The first-order chi connectivity index (χ1) is 5.57. The fourth-order valence-corrected chi connectivity index (χ4v) is 0.955. The molecule has 0 bridgehead atoms. The van der Waals surface area contributed by atoms with E-state index in [9.17, 15) is 4.79 Å². The van der Waals surface area contributed by atoms with E-state index in [4.69, 9.17) is 27.7 Å². The molecule has 0 spiro atoms. The molecule has 0 aromatic heterocycles. The predicted molar refractivity (Wildman–Crippen MR) is 42.3 cm³/mol. The number of hydrogen-bond donors (Lipinski definition) is 4. The van der Waals surface area contributed by atoms with Crippen molar-refractivity contribution in [1.29, 1.82) is 0 Å². The van der Waals surface area contributed by atoms with Gasteiger partial charge in [-0.25, -0.2) is 4.79 Å². The van der Waals surface area contributed by atoms with Crippen LogP contribution in [-0.2, 0) is 9.53 Å². The van der Waals surface area contributed by atoms with Crippen molar-refractivity contribution in [3.63, 3.8) is 0 Å². The molecule has 0 saturated carbocycles. The van der Waals surface area contributed by atoms with E-state index in [1.54, 1.807) is 0 Å². The number of nitrogens with two attached hydrogens (primary N) is 4. The molecule has 8 N–H and O–H groups in total. The SMILES string of the molecule is NCC(N)C1OC(=O)C(N)=C1N. The van der Waals surface area contributed by atoms with E-state index in [2.05, 4.69) is 0 Å². The lowest BCUT2D eigenvalue weighted by molar-refractivity contribution is -0.140. The van der Waals surface area contributed by atoms with E-state index in [1.807, 2.05) is 0 Å². The third-order valence-electron chi connectivity index (χ3n) is 1.73.